The summed E-state index contributed by atoms with van der Waals surface area (Å²) in [6.45, 7) is 0. The summed E-state index contributed by atoms with van der Waals surface area (Å²) < 4.78 is 6.51. The fraction of sp³-hybridized carbons (Fsp3) is 0.154. The van der Waals surface area contributed by atoms with Crippen LogP contribution in [0.5, 0.6) is 0 Å². The molecule has 0 N–H and O–H groups in total. The maximum absolute atomic E-state index is 5.69. The molecule has 0 amide bonds. The van der Waals surface area contributed by atoms with E-state index in [1.54, 1.807) is 0 Å². The monoisotopic (exact) mass is 279 g/mol. The average molecular weight is 278 g/mol. The molecule has 0 radical (unpaired) electrons. The summed E-state index contributed by atoms with van der Waals surface area (Å²) in [4.78, 5) is 2.00. The second-order valence-electron chi connectivity index (χ2n) is 3.81. The zero-order chi connectivity index (χ0) is 11.5. The molecular formula is C13H13NOSe. The molecule has 1 aromatic carbocycles. The van der Waals surface area contributed by atoms with Crippen LogP contribution in [0.3, 0.4) is 0 Å². The van der Waals surface area contributed by atoms with Crippen LogP contribution in [0.4, 0.5) is 0 Å². The van der Waals surface area contributed by atoms with Gasteiger partial charge in [-0.15, -0.1) is 0 Å². The van der Waals surface area contributed by atoms with Crippen LogP contribution in [-0.4, -0.2) is 39.2 Å². The summed E-state index contributed by atoms with van der Waals surface area (Å²) in [5.74, 6) is 0.891. The predicted octanol–water partition coefficient (Wildman–Crippen LogP) is 1.80. The second-order valence-corrected chi connectivity index (χ2v) is 4.59. The van der Waals surface area contributed by atoms with Gasteiger partial charge in [-0.25, -0.2) is 0 Å². The zero-order valence-electron chi connectivity index (χ0n) is 9.31. The molecule has 16 heavy (non-hydrogen) atoms. The Bertz CT molecular complexity index is 460. The predicted molar refractivity (Wildman–Crippen MR) is 68.0 cm³/mol. The molecule has 3 heteroatoms. The molecule has 0 atom stereocenters. The normalized spacial score (nSPS) is 17.2. The summed E-state index contributed by atoms with van der Waals surface area (Å²) in [5.41, 5.74) is 2.17. The summed E-state index contributed by atoms with van der Waals surface area (Å²) >= 11 is 2.94. The van der Waals surface area contributed by atoms with Crippen molar-refractivity contribution in [2.45, 2.75) is 0 Å². The molecule has 0 aliphatic carbocycles. The molecule has 1 aliphatic rings. The first kappa shape index (κ1) is 11.2. The van der Waals surface area contributed by atoms with E-state index in [1.807, 2.05) is 61.6 Å². The number of benzene rings is 1. The molecule has 0 fully saturated rings. The molecule has 0 bridgehead atoms. The maximum atomic E-state index is 5.69. The minimum absolute atomic E-state index is 0.826. The third kappa shape index (κ3) is 2.43. The summed E-state index contributed by atoms with van der Waals surface area (Å²) in [6.07, 6.45) is 4.07. The van der Waals surface area contributed by atoms with Gasteiger partial charge >= 0.3 is 103 Å². The number of nitrogens with zero attached hydrogens (tertiary/aromatic N) is 1. The summed E-state index contributed by atoms with van der Waals surface area (Å²) in [5, 5.41) is 0. The molecule has 2 nitrogen and oxygen atoms in total. The van der Waals surface area contributed by atoms with Crippen molar-refractivity contribution in [3.8, 4) is 0 Å². The van der Waals surface area contributed by atoms with E-state index in [0.29, 0.717) is 0 Å². The van der Waals surface area contributed by atoms with Crippen LogP contribution in [0.15, 0.2) is 48.2 Å². The van der Waals surface area contributed by atoms with Crippen LogP contribution in [0, 0.1) is 0 Å². The van der Waals surface area contributed by atoms with Crippen LogP contribution in [-0.2, 0) is 4.74 Å². The van der Waals surface area contributed by atoms with Crippen LogP contribution in [0.2, 0.25) is 0 Å². The molecular weight excluding hydrogens is 265 g/mol. The third-order valence-corrected chi connectivity index (χ3v) is 2.85. The zero-order valence-corrected chi connectivity index (χ0v) is 11.0. The first-order chi connectivity index (χ1) is 7.66. The van der Waals surface area contributed by atoms with Crippen LogP contribution in [0.1, 0.15) is 5.56 Å². The fourth-order valence-corrected chi connectivity index (χ4v) is 1.92. The standard InChI is InChI=1S/C13H13NOSe/c1-14(2)9-11-8-12(15-13(11)16)10-6-4-3-5-7-10/h3-9H,1-2H3/b11-9-. The average Bonchev–Trinajstić information content (AvgIpc) is 2.61. The van der Waals surface area contributed by atoms with Gasteiger partial charge in [0.25, 0.3) is 0 Å². The quantitative estimate of drug-likeness (QED) is 0.765. The van der Waals surface area contributed by atoms with Crippen molar-refractivity contribution in [2.24, 2.45) is 0 Å². The van der Waals surface area contributed by atoms with E-state index in [2.05, 4.69) is 15.6 Å². The Morgan fingerprint density at radius 3 is 2.50 bits per heavy atom. The number of rotatable bonds is 2. The van der Waals surface area contributed by atoms with Crippen LogP contribution < -0.4 is 0 Å². The first-order valence-electron chi connectivity index (χ1n) is 5.04. The molecule has 0 saturated carbocycles. The van der Waals surface area contributed by atoms with Crippen molar-refractivity contribution in [3.05, 3.63) is 53.7 Å². The van der Waals surface area contributed by atoms with Gasteiger partial charge < -0.3 is 0 Å². The molecule has 0 aromatic heterocycles. The molecule has 1 aromatic rings. The van der Waals surface area contributed by atoms with Gasteiger partial charge in [0.1, 0.15) is 0 Å². The van der Waals surface area contributed by atoms with Gasteiger partial charge in [-0.3, -0.25) is 0 Å². The SMILES string of the molecule is CN(C)/C=C1/C=C(c2ccccc2)OC1=[Se]. The molecule has 2 rings (SSSR count). The van der Waals surface area contributed by atoms with Crippen molar-refractivity contribution in [2.75, 3.05) is 14.1 Å². The molecule has 0 spiro atoms. The van der Waals surface area contributed by atoms with Gasteiger partial charge in [0.2, 0.25) is 0 Å². The van der Waals surface area contributed by atoms with Crippen molar-refractivity contribution >= 4 is 25.9 Å². The molecule has 1 heterocycles. The molecule has 0 unspecified atom stereocenters. The van der Waals surface area contributed by atoms with Gasteiger partial charge in [0.15, 0.2) is 0 Å². The third-order valence-electron chi connectivity index (χ3n) is 2.18. The van der Waals surface area contributed by atoms with Crippen molar-refractivity contribution in [1.82, 2.24) is 4.90 Å². The van der Waals surface area contributed by atoms with E-state index in [4.69, 9.17) is 4.74 Å². The van der Waals surface area contributed by atoms with Crippen molar-refractivity contribution < 1.29 is 4.74 Å². The first-order valence-corrected chi connectivity index (χ1v) is 5.90. The molecule has 1 aliphatic heterocycles. The fourth-order valence-electron chi connectivity index (χ4n) is 1.50. The number of hydrogen-bond acceptors (Lipinski definition) is 2. The Morgan fingerprint density at radius 2 is 1.88 bits per heavy atom. The van der Waals surface area contributed by atoms with Gasteiger partial charge in [-0.2, -0.15) is 0 Å². The number of hydrogen-bond donors (Lipinski definition) is 0. The van der Waals surface area contributed by atoms with Crippen molar-refractivity contribution in [1.29, 1.82) is 0 Å². The summed E-state index contributed by atoms with van der Waals surface area (Å²) in [6, 6.07) is 10.1. The second kappa shape index (κ2) is 4.69. The van der Waals surface area contributed by atoms with Gasteiger partial charge in [0.05, 0.1) is 0 Å². The van der Waals surface area contributed by atoms with E-state index in [9.17, 15) is 0 Å². The Kier molecular flexibility index (Phi) is 3.28. The Balaban J connectivity index is 2.30. The Hall–Kier alpha value is -1.31. The molecule has 0 saturated heterocycles. The van der Waals surface area contributed by atoms with Gasteiger partial charge in [-0.05, 0) is 0 Å². The van der Waals surface area contributed by atoms with Gasteiger partial charge in [0, 0.05) is 0 Å². The Morgan fingerprint density at radius 1 is 1.19 bits per heavy atom. The number of ether oxygens (including phenoxy) is 1. The summed E-state index contributed by atoms with van der Waals surface area (Å²) in [7, 11) is 3.99. The van der Waals surface area contributed by atoms with E-state index in [-0.39, 0.29) is 0 Å². The van der Waals surface area contributed by atoms with E-state index in [1.165, 1.54) is 0 Å². The van der Waals surface area contributed by atoms with E-state index < -0.39 is 0 Å². The van der Waals surface area contributed by atoms with Crippen LogP contribution >= 0.6 is 0 Å². The van der Waals surface area contributed by atoms with Crippen molar-refractivity contribution in [3.63, 3.8) is 0 Å². The topological polar surface area (TPSA) is 12.5 Å². The van der Waals surface area contributed by atoms with Gasteiger partial charge in [-0.1, -0.05) is 0 Å². The van der Waals surface area contributed by atoms with E-state index >= 15 is 0 Å². The molecule has 82 valence electrons. The minimum atomic E-state index is 0.826. The van der Waals surface area contributed by atoms with E-state index in [0.717, 1.165) is 21.5 Å². The van der Waals surface area contributed by atoms with Crippen LogP contribution in [0.25, 0.3) is 5.76 Å². The Labute approximate surface area is 104 Å².